The van der Waals surface area contributed by atoms with Gasteiger partial charge in [0.15, 0.2) is 11.2 Å². The molecule has 1 atom stereocenters. The van der Waals surface area contributed by atoms with Gasteiger partial charge in [-0.25, -0.2) is 14.8 Å². The van der Waals surface area contributed by atoms with Gasteiger partial charge < -0.3 is 26.8 Å². The zero-order valence-corrected chi connectivity index (χ0v) is 18.3. The van der Waals surface area contributed by atoms with Gasteiger partial charge in [-0.15, -0.1) is 0 Å². The Morgan fingerprint density at radius 2 is 1.91 bits per heavy atom. The first-order valence-electron chi connectivity index (χ1n) is 10.3. The van der Waals surface area contributed by atoms with Crippen molar-refractivity contribution < 1.29 is 19.5 Å². The number of ketones is 1. The summed E-state index contributed by atoms with van der Waals surface area (Å²) in [6, 6.07) is 5.18. The van der Waals surface area contributed by atoms with Gasteiger partial charge in [0.25, 0.3) is 11.5 Å². The zero-order chi connectivity index (χ0) is 24.7. The molecule has 2 heterocycles. The largest absolute Gasteiger partial charge is 0.480 e. The van der Waals surface area contributed by atoms with E-state index in [1.807, 2.05) is 0 Å². The second kappa shape index (κ2) is 11.0. The predicted molar refractivity (Wildman–Crippen MR) is 123 cm³/mol. The minimum absolute atomic E-state index is 0.00103. The average molecular weight is 468 g/mol. The van der Waals surface area contributed by atoms with Crippen molar-refractivity contribution in [3.8, 4) is 0 Å². The van der Waals surface area contributed by atoms with Crippen LogP contribution in [0.25, 0.3) is 11.2 Å². The maximum atomic E-state index is 12.4. The molecule has 178 valence electrons. The summed E-state index contributed by atoms with van der Waals surface area (Å²) in [4.78, 5) is 62.1. The Morgan fingerprint density at radius 3 is 2.59 bits per heavy atom. The SMILES string of the molecule is CNCC(=O)CCC(NC(=O)c1ccc(NCc2cnc3nc(N)[nH]c(=O)c3n2)cc1)C(=O)O. The molecule has 0 spiro atoms. The van der Waals surface area contributed by atoms with E-state index in [2.05, 4.69) is 35.9 Å². The highest BCUT2D eigenvalue weighted by Crippen LogP contribution is 2.12. The molecule has 0 aliphatic rings. The zero-order valence-electron chi connectivity index (χ0n) is 18.3. The number of carboxylic acid groups (broad SMARTS) is 1. The van der Waals surface area contributed by atoms with Crippen molar-refractivity contribution in [3.05, 3.63) is 52.1 Å². The van der Waals surface area contributed by atoms with Gasteiger partial charge in [0.05, 0.1) is 25.0 Å². The number of nitrogens with one attached hydrogen (secondary N) is 4. The van der Waals surface area contributed by atoms with Crippen LogP contribution < -0.4 is 27.2 Å². The molecule has 0 fully saturated rings. The van der Waals surface area contributed by atoms with E-state index in [1.165, 1.54) is 18.3 Å². The number of carbonyl (C=O) groups is 3. The van der Waals surface area contributed by atoms with Gasteiger partial charge in [-0.1, -0.05) is 0 Å². The highest BCUT2D eigenvalue weighted by atomic mass is 16.4. The fraction of sp³-hybridized carbons (Fsp3) is 0.286. The van der Waals surface area contributed by atoms with Crippen LogP contribution in [0.3, 0.4) is 0 Å². The van der Waals surface area contributed by atoms with E-state index in [4.69, 9.17) is 5.73 Å². The molecular weight excluding hydrogens is 444 g/mol. The fourth-order valence-electron chi connectivity index (χ4n) is 3.08. The number of H-pyrrole nitrogens is 1. The molecule has 3 rings (SSSR count). The van der Waals surface area contributed by atoms with E-state index in [0.717, 1.165) is 0 Å². The minimum Gasteiger partial charge on any atom is -0.480 e. The van der Waals surface area contributed by atoms with Crippen LogP contribution >= 0.6 is 0 Å². The lowest BCUT2D eigenvalue weighted by Gasteiger charge is -2.14. The van der Waals surface area contributed by atoms with Crippen molar-refractivity contribution in [1.82, 2.24) is 30.6 Å². The third kappa shape index (κ3) is 6.32. The Labute approximate surface area is 193 Å². The van der Waals surface area contributed by atoms with Crippen LogP contribution in [0.2, 0.25) is 0 Å². The van der Waals surface area contributed by atoms with Gasteiger partial charge in [-0.05, 0) is 37.7 Å². The third-order valence-corrected chi connectivity index (χ3v) is 4.80. The van der Waals surface area contributed by atoms with Gasteiger partial charge in [0.1, 0.15) is 11.8 Å². The number of anilines is 2. The number of fused-ring (bicyclic) bond motifs is 1. The molecule has 7 N–H and O–H groups in total. The third-order valence-electron chi connectivity index (χ3n) is 4.80. The van der Waals surface area contributed by atoms with E-state index in [9.17, 15) is 24.3 Å². The highest BCUT2D eigenvalue weighted by molar-refractivity contribution is 5.97. The number of amides is 1. The number of aromatic nitrogens is 4. The summed E-state index contributed by atoms with van der Waals surface area (Å²) < 4.78 is 0. The molecule has 0 aliphatic heterocycles. The molecule has 1 aromatic carbocycles. The normalized spacial score (nSPS) is 11.7. The van der Waals surface area contributed by atoms with Crippen LogP contribution in [0.15, 0.2) is 35.3 Å². The topological polar surface area (TPSA) is 205 Å². The van der Waals surface area contributed by atoms with Crippen LogP contribution in [0.5, 0.6) is 0 Å². The quantitative estimate of drug-likeness (QED) is 0.215. The monoisotopic (exact) mass is 468 g/mol. The number of hydrogen-bond donors (Lipinski definition) is 6. The second-order valence-corrected chi connectivity index (χ2v) is 7.39. The lowest BCUT2D eigenvalue weighted by molar-refractivity contribution is -0.139. The number of Topliss-reactive ketones (excluding diaryl/α,β-unsaturated/α-hetero) is 1. The molecular formula is C21H24N8O5. The molecule has 0 aliphatic carbocycles. The average Bonchev–Trinajstić information content (AvgIpc) is 2.80. The number of carboxylic acids is 1. The Kier molecular flexibility index (Phi) is 7.82. The Balaban J connectivity index is 1.59. The minimum atomic E-state index is -1.21. The number of carbonyl (C=O) groups excluding carboxylic acids is 2. The Hall–Kier alpha value is -4.39. The number of likely N-dealkylation sites (N-methyl/N-ethyl adjacent to an activating group) is 1. The van der Waals surface area contributed by atoms with Crippen molar-refractivity contribution in [2.45, 2.75) is 25.4 Å². The van der Waals surface area contributed by atoms with Crippen molar-refractivity contribution >= 4 is 40.5 Å². The lowest BCUT2D eigenvalue weighted by atomic mass is 10.1. The van der Waals surface area contributed by atoms with Gasteiger partial charge in [0.2, 0.25) is 5.95 Å². The second-order valence-electron chi connectivity index (χ2n) is 7.39. The summed E-state index contributed by atoms with van der Waals surface area (Å²) >= 11 is 0. The summed E-state index contributed by atoms with van der Waals surface area (Å²) in [5.41, 5.74) is 6.63. The summed E-state index contributed by atoms with van der Waals surface area (Å²) in [5, 5.41) is 17.6. The maximum Gasteiger partial charge on any atom is 0.326 e. The first-order valence-corrected chi connectivity index (χ1v) is 10.3. The molecule has 2 aromatic heterocycles. The number of hydrogen-bond acceptors (Lipinski definition) is 10. The van der Waals surface area contributed by atoms with Crippen LogP contribution in [-0.2, 0) is 16.1 Å². The molecule has 0 bridgehead atoms. The Morgan fingerprint density at radius 1 is 1.18 bits per heavy atom. The summed E-state index contributed by atoms with van der Waals surface area (Å²) in [7, 11) is 1.62. The van der Waals surface area contributed by atoms with Crippen molar-refractivity contribution in [1.29, 1.82) is 0 Å². The van der Waals surface area contributed by atoms with Crippen LogP contribution in [-0.4, -0.2) is 62.3 Å². The molecule has 13 heteroatoms. The van der Waals surface area contributed by atoms with E-state index in [0.29, 0.717) is 11.4 Å². The van der Waals surface area contributed by atoms with Gasteiger partial charge >= 0.3 is 5.97 Å². The van der Waals surface area contributed by atoms with E-state index < -0.39 is 23.5 Å². The first-order chi connectivity index (χ1) is 16.3. The summed E-state index contributed by atoms with van der Waals surface area (Å²) in [6.07, 6.45) is 1.50. The number of rotatable bonds is 11. The molecule has 1 amide bonds. The van der Waals surface area contributed by atoms with Crippen molar-refractivity contribution in [2.24, 2.45) is 0 Å². The fourth-order valence-corrected chi connectivity index (χ4v) is 3.08. The summed E-state index contributed by atoms with van der Waals surface area (Å²) in [6.45, 7) is 0.390. The van der Waals surface area contributed by atoms with Crippen LogP contribution in [0.1, 0.15) is 28.9 Å². The van der Waals surface area contributed by atoms with E-state index >= 15 is 0 Å². The van der Waals surface area contributed by atoms with E-state index in [-0.39, 0.29) is 54.4 Å². The smallest absolute Gasteiger partial charge is 0.326 e. The van der Waals surface area contributed by atoms with Gasteiger partial charge in [0, 0.05) is 17.7 Å². The molecule has 1 unspecified atom stereocenters. The maximum absolute atomic E-state index is 12.4. The molecule has 34 heavy (non-hydrogen) atoms. The number of benzene rings is 1. The van der Waals surface area contributed by atoms with E-state index in [1.54, 1.807) is 19.2 Å². The molecule has 3 aromatic rings. The predicted octanol–water partition coefficient (Wildman–Crippen LogP) is -0.341. The number of nitrogens with two attached hydrogens (primary N) is 1. The molecule has 0 radical (unpaired) electrons. The highest BCUT2D eigenvalue weighted by Gasteiger charge is 2.21. The molecule has 0 saturated carbocycles. The van der Waals surface area contributed by atoms with Crippen molar-refractivity contribution in [3.63, 3.8) is 0 Å². The van der Waals surface area contributed by atoms with Gasteiger partial charge in [-0.3, -0.25) is 19.4 Å². The standard InChI is InChI=1S/C21H24N8O5/c1-23-10-14(30)6-7-15(20(33)34)27-18(31)11-2-4-12(5-3-11)24-8-13-9-25-17-16(26-13)19(32)29-21(22)28-17/h2-5,9,15,23-24H,6-8,10H2,1H3,(H,27,31)(H,33,34)(H3,22,25,28,29,32). The van der Waals surface area contributed by atoms with Crippen LogP contribution in [0, 0.1) is 0 Å². The number of aliphatic carboxylic acids is 1. The lowest BCUT2D eigenvalue weighted by Crippen LogP contribution is -2.41. The number of aromatic amines is 1. The number of nitrogens with zero attached hydrogens (tertiary/aromatic N) is 3. The number of nitrogen functional groups attached to an aromatic ring is 1. The summed E-state index contributed by atoms with van der Waals surface area (Å²) in [5.74, 6) is -1.96. The first kappa shape index (κ1) is 24.3. The molecule has 0 saturated heterocycles. The van der Waals surface area contributed by atoms with Crippen molar-refractivity contribution in [2.75, 3.05) is 24.6 Å². The Bertz CT molecular complexity index is 1260. The van der Waals surface area contributed by atoms with Crippen LogP contribution in [0.4, 0.5) is 11.6 Å². The molecule has 13 nitrogen and oxygen atoms in total. The van der Waals surface area contributed by atoms with Gasteiger partial charge in [-0.2, -0.15) is 4.98 Å².